The number of rotatable bonds is 3. The summed E-state index contributed by atoms with van der Waals surface area (Å²) in [4.78, 5) is 4.29. The van der Waals surface area contributed by atoms with Crippen LogP contribution in [0.15, 0.2) is 28.8 Å². The van der Waals surface area contributed by atoms with Crippen molar-refractivity contribution < 1.29 is 5.11 Å². The minimum atomic E-state index is 0.0166. The lowest BCUT2D eigenvalue weighted by molar-refractivity contribution is 0.281. The summed E-state index contributed by atoms with van der Waals surface area (Å²) in [5.74, 6) is 0. The highest BCUT2D eigenvalue weighted by atomic mass is 32.2. The largest absolute Gasteiger partial charge is 0.392 e. The summed E-state index contributed by atoms with van der Waals surface area (Å²) in [6, 6.07) is 1.92. The van der Waals surface area contributed by atoms with E-state index in [1.54, 1.807) is 12.5 Å². The molecular formula is C10H12N4OS. The van der Waals surface area contributed by atoms with E-state index < -0.39 is 0 Å². The molecular weight excluding hydrogens is 224 g/mol. The van der Waals surface area contributed by atoms with Crippen molar-refractivity contribution in [2.45, 2.75) is 23.7 Å². The van der Waals surface area contributed by atoms with Crippen LogP contribution in [0.4, 0.5) is 0 Å². The molecule has 0 saturated carbocycles. The zero-order chi connectivity index (χ0) is 11.5. The Morgan fingerprint density at radius 2 is 2.31 bits per heavy atom. The molecule has 0 aliphatic rings. The smallest absolute Gasteiger partial charge is 0.197 e. The predicted octanol–water partition coefficient (Wildman–Crippen LogP) is 1.16. The Hall–Kier alpha value is -1.40. The molecule has 0 radical (unpaired) electrons. The number of aliphatic hydroxyl groups is 1. The van der Waals surface area contributed by atoms with Crippen molar-refractivity contribution in [3.8, 4) is 0 Å². The minimum Gasteiger partial charge on any atom is -0.392 e. The summed E-state index contributed by atoms with van der Waals surface area (Å²) >= 11 is 1.46. The van der Waals surface area contributed by atoms with Gasteiger partial charge in [-0.3, -0.25) is 0 Å². The first-order chi connectivity index (χ1) is 7.70. The fourth-order valence-electron chi connectivity index (χ4n) is 1.27. The number of hydrogen-bond donors (Lipinski definition) is 1. The lowest BCUT2D eigenvalue weighted by atomic mass is 10.2. The molecule has 6 heteroatoms. The van der Waals surface area contributed by atoms with Gasteiger partial charge in [0.2, 0.25) is 0 Å². The van der Waals surface area contributed by atoms with Crippen LogP contribution in [0.5, 0.6) is 0 Å². The van der Waals surface area contributed by atoms with Crippen LogP contribution in [0, 0.1) is 6.92 Å². The standard InChI is InChI=1S/C10H12N4OS/c1-7-3-8(5-15)4-11-9(7)16-10-13-12-6-14(10)2/h3-4,6,15H,5H2,1-2H3. The topological polar surface area (TPSA) is 63.8 Å². The van der Waals surface area contributed by atoms with Gasteiger partial charge in [-0.2, -0.15) is 0 Å². The van der Waals surface area contributed by atoms with E-state index in [9.17, 15) is 0 Å². The molecule has 2 aromatic heterocycles. The molecule has 1 N–H and O–H groups in total. The SMILES string of the molecule is Cc1cc(CO)cnc1Sc1nncn1C. The van der Waals surface area contributed by atoms with E-state index in [4.69, 9.17) is 5.11 Å². The number of nitrogens with zero attached hydrogens (tertiary/aromatic N) is 4. The van der Waals surface area contributed by atoms with E-state index in [1.807, 2.05) is 24.6 Å². The molecule has 5 nitrogen and oxygen atoms in total. The van der Waals surface area contributed by atoms with Crippen LogP contribution in [-0.4, -0.2) is 24.9 Å². The molecule has 0 aromatic carbocycles. The molecule has 84 valence electrons. The maximum absolute atomic E-state index is 8.98. The first kappa shape index (κ1) is 11.1. The van der Waals surface area contributed by atoms with Gasteiger partial charge in [0.15, 0.2) is 5.16 Å². The zero-order valence-electron chi connectivity index (χ0n) is 9.08. The van der Waals surface area contributed by atoms with Crippen LogP contribution < -0.4 is 0 Å². The molecule has 0 atom stereocenters. The average Bonchev–Trinajstić information content (AvgIpc) is 2.67. The molecule has 0 fully saturated rings. The summed E-state index contributed by atoms with van der Waals surface area (Å²) in [6.07, 6.45) is 3.32. The molecule has 2 aromatic rings. The normalized spacial score (nSPS) is 10.7. The molecule has 0 bridgehead atoms. The van der Waals surface area contributed by atoms with Crippen LogP contribution in [0.25, 0.3) is 0 Å². The van der Waals surface area contributed by atoms with Gasteiger partial charge in [0.05, 0.1) is 6.61 Å². The molecule has 0 saturated heterocycles. The highest BCUT2D eigenvalue weighted by Gasteiger charge is 2.07. The van der Waals surface area contributed by atoms with Crippen LogP contribution >= 0.6 is 11.8 Å². The number of hydrogen-bond acceptors (Lipinski definition) is 5. The molecule has 0 unspecified atom stereocenters. The van der Waals surface area contributed by atoms with E-state index in [-0.39, 0.29) is 6.61 Å². The van der Waals surface area contributed by atoms with E-state index >= 15 is 0 Å². The Kier molecular flexibility index (Phi) is 3.21. The number of pyridine rings is 1. The Balaban J connectivity index is 2.25. The van der Waals surface area contributed by atoms with Crippen molar-refractivity contribution in [1.29, 1.82) is 0 Å². The number of aliphatic hydroxyl groups excluding tert-OH is 1. The van der Waals surface area contributed by atoms with Crippen molar-refractivity contribution in [2.24, 2.45) is 7.05 Å². The Bertz CT molecular complexity index is 497. The second-order valence-corrected chi connectivity index (χ2v) is 4.41. The van der Waals surface area contributed by atoms with Gasteiger partial charge in [0.1, 0.15) is 11.4 Å². The van der Waals surface area contributed by atoms with Gasteiger partial charge in [-0.1, -0.05) is 0 Å². The molecule has 2 heterocycles. The third-order valence-electron chi connectivity index (χ3n) is 2.13. The minimum absolute atomic E-state index is 0.0166. The van der Waals surface area contributed by atoms with E-state index in [0.717, 1.165) is 21.3 Å². The fraction of sp³-hybridized carbons (Fsp3) is 0.300. The summed E-state index contributed by atoms with van der Waals surface area (Å²) < 4.78 is 1.84. The van der Waals surface area contributed by atoms with Gasteiger partial charge in [0, 0.05) is 13.2 Å². The summed E-state index contributed by atoms with van der Waals surface area (Å²) in [7, 11) is 1.89. The fourth-order valence-corrected chi connectivity index (χ4v) is 2.04. The lowest BCUT2D eigenvalue weighted by Crippen LogP contribution is -1.94. The predicted molar refractivity (Wildman–Crippen MR) is 60.0 cm³/mol. The summed E-state index contributed by atoms with van der Waals surface area (Å²) in [5, 5.41) is 18.4. The summed E-state index contributed by atoms with van der Waals surface area (Å²) in [5.41, 5.74) is 1.85. The first-order valence-electron chi connectivity index (χ1n) is 4.79. The Morgan fingerprint density at radius 1 is 1.50 bits per heavy atom. The van der Waals surface area contributed by atoms with Gasteiger partial charge < -0.3 is 9.67 Å². The highest BCUT2D eigenvalue weighted by molar-refractivity contribution is 7.99. The monoisotopic (exact) mass is 236 g/mol. The average molecular weight is 236 g/mol. The Morgan fingerprint density at radius 3 is 2.88 bits per heavy atom. The molecule has 2 rings (SSSR count). The van der Waals surface area contributed by atoms with E-state index in [0.29, 0.717) is 0 Å². The van der Waals surface area contributed by atoms with E-state index in [2.05, 4.69) is 15.2 Å². The van der Waals surface area contributed by atoms with Crippen molar-refractivity contribution in [3.63, 3.8) is 0 Å². The van der Waals surface area contributed by atoms with Crippen LogP contribution in [0.3, 0.4) is 0 Å². The third kappa shape index (κ3) is 2.23. The quantitative estimate of drug-likeness (QED) is 0.866. The van der Waals surface area contributed by atoms with Gasteiger partial charge in [-0.15, -0.1) is 10.2 Å². The van der Waals surface area contributed by atoms with Gasteiger partial charge in [-0.05, 0) is 35.9 Å². The van der Waals surface area contributed by atoms with Crippen LogP contribution in [-0.2, 0) is 13.7 Å². The van der Waals surface area contributed by atoms with Gasteiger partial charge >= 0.3 is 0 Å². The van der Waals surface area contributed by atoms with Crippen LogP contribution in [0.2, 0.25) is 0 Å². The molecule has 0 amide bonds. The van der Waals surface area contributed by atoms with Gasteiger partial charge in [0.25, 0.3) is 0 Å². The van der Waals surface area contributed by atoms with Crippen LogP contribution in [0.1, 0.15) is 11.1 Å². The van der Waals surface area contributed by atoms with E-state index in [1.165, 1.54) is 11.8 Å². The lowest BCUT2D eigenvalue weighted by Gasteiger charge is -2.05. The maximum atomic E-state index is 8.98. The van der Waals surface area contributed by atoms with Gasteiger partial charge in [-0.25, -0.2) is 4.98 Å². The Labute approximate surface area is 97.5 Å². The molecule has 0 aliphatic carbocycles. The molecule has 0 aliphatic heterocycles. The zero-order valence-corrected chi connectivity index (χ0v) is 9.90. The summed E-state index contributed by atoms with van der Waals surface area (Å²) in [6.45, 7) is 1.98. The first-order valence-corrected chi connectivity index (χ1v) is 5.60. The second-order valence-electron chi connectivity index (χ2n) is 3.45. The van der Waals surface area contributed by atoms with Crippen molar-refractivity contribution in [2.75, 3.05) is 0 Å². The third-order valence-corrected chi connectivity index (χ3v) is 3.30. The van der Waals surface area contributed by atoms with Crippen molar-refractivity contribution in [1.82, 2.24) is 19.7 Å². The van der Waals surface area contributed by atoms with Crippen molar-refractivity contribution >= 4 is 11.8 Å². The number of aryl methyl sites for hydroxylation is 2. The molecule has 0 spiro atoms. The maximum Gasteiger partial charge on any atom is 0.197 e. The number of aromatic nitrogens is 4. The highest BCUT2D eigenvalue weighted by Crippen LogP contribution is 2.26. The second kappa shape index (κ2) is 4.63. The van der Waals surface area contributed by atoms with Crippen molar-refractivity contribution in [3.05, 3.63) is 29.7 Å². The molecule has 16 heavy (non-hydrogen) atoms.